The molecule has 0 aromatic heterocycles. The van der Waals surface area contributed by atoms with Gasteiger partial charge >= 0.3 is 11.9 Å². The van der Waals surface area contributed by atoms with Gasteiger partial charge in [0.05, 0.1) is 12.2 Å². The summed E-state index contributed by atoms with van der Waals surface area (Å²) in [5.41, 5.74) is 3.81. The van der Waals surface area contributed by atoms with Gasteiger partial charge in [-0.25, -0.2) is 4.79 Å². The molecule has 0 fully saturated rings. The minimum Gasteiger partial charge on any atom is -0.493 e. The molecule has 0 saturated carbocycles. The van der Waals surface area contributed by atoms with E-state index in [9.17, 15) is 14.7 Å². The normalized spacial score (nSPS) is 16.3. The Labute approximate surface area is 184 Å². The van der Waals surface area contributed by atoms with E-state index in [1.165, 1.54) is 24.1 Å². The Hall–Kier alpha value is -2.82. The summed E-state index contributed by atoms with van der Waals surface area (Å²) in [4.78, 5) is 23.8. The van der Waals surface area contributed by atoms with Crippen molar-refractivity contribution in [3.05, 3.63) is 47.0 Å². The molecule has 0 radical (unpaired) electrons. The molecule has 5 heteroatoms. The van der Waals surface area contributed by atoms with Crippen LogP contribution >= 0.6 is 0 Å². The fourth-order valence-electron chi connectivity index (χ4n) is 4.33. The Morgan fingerprint density at radius 3 is 2.23 bits per heavy atom. The molecule has 1 aliphatic carbocycles. The number of hydrogen-bond donors (Lipinski definition) is 1. The Bertz CT molecular complexity index is 1020. The first-order chi connectivity index (χ1) is 14.5. The van der Waals surface area contributed by atoms with Gasteiger partial charge in [0, 0.05) is 6.92 Å². The van der Waals surface area contributed by atoms with Gasteiger partial charge in [-0.1, -0.05) is 52.8 Å². The molecule has 0 aliphatic heterocycles. The predicted octanol–water partition coefficient (Wildman–Crippen LogP) is 6.11. The van der Waals surface area contributed by atoms with Crippen molar-refractivity contribution < 1.29 is 24.2 Å². The van der Waals surface area contributed by atoms with E-state index in [-0.39, 0.29) is 22.1 Å². The molecule has 0 amide bonds. The van der Waals surface area contributed by atoms with Crippen molar-refractivity contribution >= 4 is 11.9 Å². The van der Waals surface area contributed by atoms with E-state index >= 15 is 0 Å². The monoisotopic (exact) mass is 424 g/mol. The average molecular weight is 425 g/mol. The summed E-state index contributed by atoms with van der Waals surface area (Å²) in [7, 11) is 0. The van der Waals surface area contributed by atoms with Crippen LogP contribution in [0, 0.1) is 0 Å². The first-order valence-corrected chi connectivity index (χ1v) is 10.8. The summed E-state index contributed by atoms with van der Waals surface area (Å²) in [6.45, 7) is 12.7. The topological polar surface area (TPSA) is 72.8 Å². The van der Waals surface area contributed by atoms with Crippen LogP contribution in [0.3, 0.4) is 0 Å². The minimum absolute atomic E-state index is 0.0166. The molecule has 0 saturated heterocycles. The number of carbonyl (C=O) groups is 2. The van der Waals surface area contributed by atoms with Crippen LogP contribution in [0.25, 0.3) is 11.1 Å². The first kappa shape index (κ1) is 22.9. The smallest absolute Gasteiger partial charge is 0.339 e. The third kappa shape index (κ3) is 4.46. The van der Waals surface area contributed by atoms with Crippen molar-refractivity contribution in [2.45, 2.75) is 71.6 Å². The Kier molecular flexibility index (Phi) is 6.17. The summed E-state index contributed by atoms with van der Waals surface area (Å²) in [6.07, 6.45) is 2.96. The van der Waals surface area contributed by atoms with Crippen molar-refractivity contribution in [2.75, 3.05) is 6.61 Å². The van der Waals surface area contributed by atoms with Gasteiger partial charge in [-0.15, -0.1) is 0 Å². The Balaban J connectivity index is 2.31. The van der Waals surface area contributed by atoms with E-state index in [0.29, 0.717) is 17.9 Å². The number of esters is 1. The van der Waals surface area contributed by atoms with Crippen molar-refractivity contribution in [3.8, 4) is 22.6 Å². The molecule has 2 aromatic carbocycles. The van der Waals surface area contributed by atoms with Gasteiger partial charge in [0.25, 0.3) is 0 Å². The van der Waals surface area contributed by atoms with Crippen LogP contribution in [0.1, 0.15) is 82.3 Å². The zero-order valence-corrected chi connectivity index (χ0v) is 19.3. The largest absolute Gasteiger partial charge is 0.493 e. The van der Waals surface area contributed by atoms with E-state index in [1.807, 2.05) is 13.0 Å². The number of carboxylic acids is 1. The van der Waals surface area contributed by atoms with Crippen molar-refractivity contribution in [3.63, 3.8) is 0 Å². The highest BCUT2D eigenvalue weighted by molar-refractivity contribution is 5.97. The number of rotatable bonds is 6. The Morgan fingerprint density at radius 2 is 1.65 bits per heavy atom. The number of hydrogen-bond acceptors (Lipinski definition) is 4. The quantitative estimate of drug-likeness (QED) is 0.447. The van der Waals surface area contributed by atoms with E-state index < -0.39 is 11.9 Å². The van der Waals surface area contributed by atoms with Gasteiger partial charge in [0.1, 0.15) is 11.3 Å². The van der Waals surface area contributed by atoms with Crippen LogP contribution in [0.4, 0.5) is 0 Å². The second-order valence-corrected chi connectivity index (χ2v) is 9.59. The molecular weight excluding hydrogens is 392 g/mol. The molecule has 166 valence electrons. The molecule has 0 unspecified atom stereocenters. The van der Waals surface area contributed by atoms with E-state index in [2.05, 4.69) is 39.8 Å². The fourth-order valence-corrected chi connectivity index (χ4v) is 4.33. The lowest BCUT2D eigenvalue weighted by atomic mass is 9.63. The van der Waals surface area contributed by atoms with Gasteiger partial charge in [0.15, 0.2) is 5.75 Å². The number of benzene rings is 2. The number of aromatic carboxylic acids is 1. The third-order valence-electron chi connectivity index (χ3n) is 6.20. The van der Waals surface area contributed by atoms with Gasteiger partial charge in [-0.3, -0.25) is 4.79 Å². The number of ether oxygens (including phenoxy) is 2. The molecule has 0 bridgehead atoms. The molecule has 0 heterocycles. The maximum Gasteiger partial charge on any atom is 0.339 e. The second-order valence-electron chi connectivity index (χ2n) is 9.59. The zero-order chi connectivity index (χ0) is 23.0. The highest BCUT2D eigenvalue weighted by atomic mass is 16.5. The molecule has 0 spiro atoms. The van der Waals surface area contributed by atoms with Crippen LogP contribution in [0.15, 0.2) is 30.3 Å². The molecular formula is C26H32O5. The minimum atomic E-state index is -1.15. The highest BCUT2D eigenvalue weighted by Crippen LogP contribution is 2.49. The van der Waals surface area contributed by atoms with Crippen LogP contribution in [-0.4, -0.2) is 23.7 Å². The second kappa shape index (κ2) is 8.37. The number of carboxylic acid groups (broad SMARTS) is 1. The fraction of sp³-hybridized carbons (Fsp3) is 0.462. The van der Waals surface area contributed by atoms with Gasteiger partial charge < -0.3 is 14.6 Å². The molecule has 2 aromatic rings. The highest BCUT2D eigenvalue weighted by Gasteiger charge is 2.37. The average Bonchev–Trinajstić information content (AvgIpc) is 2.69. The standard InChI is InChI=1S/C26H32O5/c1-7-14-30-21-11-9-18(24(28)29)23(31-16(2)27)22(21)17-8-10-19-20(15-17)26(5,6)13-12-25(19,3)4/h8-11,15H,7,12-14H2,1-6H3,(H,28,29). The summed E-state index contributed by atoms with van der Waals surface area (Å²) < 4.78 is 11.4. The maximum absolute atomic E-state index is 11.9. The third-order valence-corrected chi connectivity index (χ3v) is 6.20. The molecule has 1 aliphatic rings. The molecule has 1 N–H and O–H groups in total. The lowest BCUT2D eigenvalue weighted by Gasteiger charge is -2.42. The number of fused-ring (bicyclic) bond motifs is 1. The summed E-state index contributed by atoms with van der Waals surface area (Å²) in [5, 5.41) is 9.73. The number of carbonyl (C=O) groups excluding carboxylic acids is 1. The van der Waals surface area contributed by atoms with E-state index in [4.69, 9.17) is 9.47 Å². The molecule has 0 atom stereocenters. The van der Waals surface area contributed by atoms with Crippen LogP contribution < -0.4 is 9.47 Å². The predicted molar refractivity (Wildman–Crippen MR) is 121 cm³/mol. The van der Waals surface area contributed by atoms with Gasteiger partial charge in [-0.2, -0.15) is 0 Å². The van der Waals surface area contributed by atoms with E-state index in [0.717, 1.165) is 24.8 Å². The van der Waals surface area contributed by atoms with Crippen LogP contribution in [0.5, 0.6) is 11.5 Å². The SMILES string of the molecule is CCCOc1ccc(C(=O)O)c(OC(C)=O)c1-c1ccc2c(c1)C(C)(C)CCC2(C)C. The van der Waals surface area contributed by atoms with Gasteiger partial charge in [-0.05, 0) is 58.9 Å². The Morgan fingerprint density at radius 1 is 1.00 bits per heavy atom. The van der Waals surface area contributed by atoms with Crippen molar-refractivity contribution in [1.29, 1.82) is 0 Å². The lowest BCUT2D eigenvalue weighted by Crippen LogP contribution is -2.33. The molecule has 31 heavy (non-hydrogen) atoms. The molecule has 3 rings (SSSR count). The van der Waals surface area contributed by atoms with Crippen molar-refractivity contribution in [2.24, 2.45) is 0 Å². The first-order valence-electron chi connectivity index (χ1n) is 10.8. The van der Waals surface area contributed by atoms with Gasteiger partial charge in [0.2, 0.25) is 0 Å². The zero-order valence-electron chi connectivity index (χ0n) is 19.3. The van der Waals surface area contributed by atoms with Crippen LogP contribution in [0.2, 0.25) is 0 Å². The lowest BCUT2D eigenvalue weighted by molar-refractivity contribution is -0.131. The summed E-state index contributed by atoms with van der Waals surface area (Å²) >= 11 is 0. The summed E-state index contributed by atoms with van der Waals surface area (Å²) in [6, 6.07) is 9.30. The van der Waals surface area contributed by atoms with E-state index in [1.54, 1.807) is 6.07 Å². The van der Waals surface area contributed by atoms with Crippen molar-refractivity contribution in [1.82, 2.24) is 0 Å². The van der Waals surface area contributed by atoms with Crippen LogP contribution in [-0.2, 0) is 15.6 Å². The molecule has 5 nitrogen and oxygen atoms in total. The maximum atomic E-state index is 11.9. The summed E-state index contributed by atoms with van der Waals surface area (Å²) in [5.74, 6) is -1.19.